The van der Waals surface area contributed by atoms with Crippen molar-refractivity contribution >= 4 is 23.2 Å². The van der Waals surface area contributed by atoms with Crippen molar-refractivity contribution in [1.29, 1.82) is 5.26 Å². The Hall–Kier alpha value is -3.96. The van der Waals surface area contributed by atoms with Crippen LogP contribution in [-0.4, -0.2) is 91.4 Å². The molecule has 53 heavy (non-hydrogen) atoms. The Morgan fingerprint density at radius 1 is 0.906 bits per heavy atom. The highest BCUT2D eigenvalue weighted by molar-refractivity contribution is 6.35. The summed E-state index contributed by atoms with van der Waals surface area (Å²) in [6.07, 6.45) is 3.12. The Morgan fingerprint density at radius 2 is 1.66 bits per heavy atom. The van der Waals surface area contributed by atoms with Crippen LogP contribution in [0.25, 0.3) is 11.1 Å². The van der Waals surface area contributed by atoms with Crippen LogP contribution < -0.4 is 24.8 Å². The summed E-state index contributed by atoms with van der Waals surface area (Å²) in [6, 6.07) is 19.1. The molecule has 0 atom stereocenters. The van der Waals surface area contributed by atoms with Crippen LogP contribution in [0.2, 0.25) is 10.0 Å². The zero-order chi connectivity index (χ0) is 37.6. The predicted molar refractivity (Wildman–Crippen MR) is 206 cm³/mol. The van der Waals surface area contributed by atoms with Gasteiger partial charge in [0.1, 0.15) is 43.1 Å². The van der Waals surface area contributed by atoms with Crippen LogP contribution in [0.1, 0.15) is 34.7 Å². The molecule has 1 fully saturated rings. The minimum absolute atomic E-state index is 0.143. The number of nitrogens with one attached hydrogen (secondary N) is 2. The Kier molecular flexibility index (Phi) is 15.1. The molecular formula is C40H47Cl2N5O6. The average Bonchev–Trinajstić information content (AvgIpc) is 3.19. The van der Waals surface area contributed by atoms with E-state index in [1.165, 1.54) is 6.20 Å². The topological polar surface area (TPSA) is 141 Å². The zero-order valence-corrected chi connectivity index (χ0v) is 31.7. The number of aromatic nitrogens is 1. The largest absolute Gasteiger partial charge is 0.491 e. The number of hydrogen-bond donors (Lipinski definition) is 4. The standard InChI is InChI=1S/C40H47Cl2N5O6/c1-28-31(5-3-6-33(28)34-7-4-8-36(39(34)42)51-14-10-44-9-11-47-12-15-50-16-13-47)25-53-38-19-37(52-24-30-17-29(20-43)21-45-22-30)32(18-35(38)41)23-46-40(2,26-48)27-49/h3-8,17-19,21-22,44,46,48-49H,9-16,23-27H2,1-2H3. The number of aliphatic hydroxyl groups is 2. The molecule has 3 aromatic carbocycles. The van der Waals surface area contributed by atoms with Gasteiger partial charge in [-0.15, -0.1) is 0 Å². The molecule has 13 heteroatoms. The van der Waals surface area contributed by atoms with Gasteiger partial charge in [-0.1, -0.05) is 53.5 Å². The Bertz CT molecular complexity index is 1850. The smallest absolute Gasteiger partial charge is 0.142 e. The summed E-state index contributed by atoms with van der Waals surface area (Å²) in [6.45, 7) is 10.4. The van der Waals surface area contributed by atoms with E-state index in [0.29, 0.717) is 57.1 Å². The summed E-state index contributed by atoms with van der Waals surface area (Å²) < 4.78 is 24.0. The Balaban J connectivity index is 1.26. The van der Waals surface area contributed by atoms with Gasteiger partial charge in [-0.2, -0.15) is 5.26 Å². The summed E-state index contributed by atoms with van der Waals surface area (Å²) >= 11 is 13.7. The van der Waals surface area contributed by atoms with Crippen molar-refractivity contribution in [3.8, 4) is 34.4 Å². The van der Waals surface area contributed by atoms with Crippen LogP contribution in [0.3, 0.4) is 0 Å². The average molecular weight is 765 g/mol. The van der Waals surface area contributed by atoms with Gasteiger partial charge in [0.05, 0.1) is 47.6 Å². The minimum Gasteiger partial charge on any atom is -0.491 e. The van der Waals surface area contributed by atoms with Gasteiger partial charge in [-0.25, -0.2) is 0 Å². The maximum absolute atomic E-state index is 9.80. The van der Waals surface area contributed by atoms with Gasteiger partial charge in [0.2, 0.25) is 0 Å². The monoisotopic (exact) mass is 763 g/mol. The molecule has 1 aliphatic heterocycles. The number of hydrogen-bond acceptors (Lipinski definition) is 11. The number of ether oxygens (including phenoxy) is 4. The first kappa shape index (κ1) is 40.2. The number of pyridine rings is 1. The molecule has 0 bridgehead atoms. The third-order valence-electron chi connectivity index (χ3n) is 9.16. The summed E-state index contributed by atoms with van der Waals surface area (Å²) in [5.41, 5.74) is 4.69. The van der Waals surface area contributed by atoms with E-state index < -0.39 is 5.54 Å². The summed E-state index contributed by atoms with van der Waals surface area (Å²) in [5.74, 6) is 1.53. The van der Waals surface area contributed by atoms with Gasteiger partial charge in [0.25, 0.3) is 0 Å². The summed E-state index contributed by atoms with van der Waals surface area (Å²) in [5, 5.41) is 36.4. The van der Waals surface area contributed by atoms with Crippen molar-refractivity contribution < 1.29 is 29.2 Å². The maximum Gasteiger partial charge on any atom is 0.142 e. The molecule has 11 nitrogen and oxygen atoms in total. The normalized spacial score (nSPS) is 13.5. The van der Waals surface area contributed by atoms with E-state index in [-0.39, 0.29) is 33.0 Å². The molecule has 0 saturated carbocycles. The van der Waals surface area contributed by atoms with Crippen LogP contribution in [0, 0.1) is 18.3 Å². The molecule has 1 aliphatic rings. The van der Waals surface area contributed by atoms with Crippen LogP contribution in [-0.2, 0) is 24.5 Å². The van der Waals surface area contributed by atoms with Crippen molar-refractivity contribution in [3.05, 3.63) is 105 Å². The van der Waals surface area contributed by atoms with Crippen LogP contribution >= 0.6 is 23.2 Å². The van der Waals surface area contributed by atoms with Gasteiger partial charge >= 0.3 is 0 Å². The molecule has 1 saturated heterocycles. The van der Waals surface area contributed by atoms with Gasteiger partial charge in [-0.05, 0) is 48.7 Å². The molecule has 1 aromatic heterocycles. The molecule has 2 heterocycles. The summed E-state index contributed by atoms with van der Waals surface area (Å²) in [7, 11) is 0. The molecule has 0 amide bonds. The zero-order valence-electron chi connectivity index (χ0n) is 30.2. The van der Waals surface area contributed by atoms with E-state index in [4.69, 9.17) is 42.1 Å². The Morgan fingerprint density at radius 3 is 2.43 bits per heavy atom. The van der Waals surface area contributed by atoms with Crippen molar-refractivity contribution in [2.75, 3.05) is 65.8 Å². The van der Waals surface area contributed by atoms with Gasteiger partial charge in [0.15, 0.2) is 0 Å². The predicted octanol–water partition coefficient (Wildman–Crippen LogP) is 5.53. The van der Waals surface area contributed by atoms with E-state index in [2.05, 4.69) is 26.6 Å². The number of rotatable bonds is 19. The van der Waals surface area contributed by atoms with E-state index >= 15 is 0 Å². The van der Waals surface area contributed by atoms with Gasteiger partial charge in [0, 0.05) is 74.4 Å². The van der Waals surface area contributed by atoms with E-state index in [1.807, 2.05) is 43.3 Å². The van der Waals surface area contributed by atoms with Crippen LogP contribution in [0.4, 0.5) is 0 Å². The number of nitrogens with zero attached hydrogens (tertiary/aromatic N) is 3. The lowest BCUT2D eigenvalue weighted by molar-refractivity contribution is 0.0383. The highest BCUT2D eigenvalue weighted by atomic mass is 35.5. The number of morpholine rings is 1. The molecule has 282 valence electrons. The lowest BCUT2D eigenvalue weighted by atomic mass is 9.96. The third kappa shape index (κ3) is 11.3. The highest BCUT2D eigenvalue weighted by Crippen LogP contribution is 2.38. The fourth-order valence-corrected chi connectivity index (χ4v) is 6.28. The van der Waals surface area contributed by atoms with Gasteiger partial charge < -0.3 is 39.8 Å². The molecule has 0 radical (unpaired) electrons. The van der Waals surface area contributed by atoms with E-state index in [9.17, 15) is 15.5 Å². The van der Waals surface area contributed by atoms with Crippen molar-refractivity contribution in [3.63, 3.8) is 0 Å². The second kappa shape index (κ2) is 19.9. The quantitative estimate of drug-likeness (QED) is 0.0897. The number of nitriles is 1. The fourth-order valence-electron chi connectivity index (χ4n) is 5.76. The fraction of sp³-hybridized carbons (Fsp3) is 0.400. The van der Waals surface area contributed by atoms with Crippen molar-refractivity contribution in [2.24, 2.45) is 0 Å². The second-order valence-electron chi connectivity index (χ2n) is 13.2. The molecule has 4 N–H and O–H groups in total. The lowest BCUT2D eigenvalue weighted by Crippen LogP contribution is -2.48. The third-order valence-corrected chi connectivity index (χ3v) is 9.85. The molecular weight excluding hydrogens is 717 g/mol. The first-order valence-corrected chi connectivity index (χ1v) is 18.4. The Labute approximate surface area is 321 Å². The van der Waals surface area contributed by atoms with E-state index in [1.54, 1.807) is 31.3 Å². The van der Waals surface area contributed by atoms with Gasteiger partial charge in [-0.3, -0.25) is 9.88 Å². The molecule has 0 spiro atoms. The maximum atomic E-state index is 9.80. The number of halogens is 2. The van der Waals surface area contributed by atoms with Crippen molar-refractivity contribution in [1.82, 2.24) is 20.5 Å². The second-order valence-corrected chi connectivity index (χ2v) is 13.9. The van der Waals surface area contributed by atoms with Crippen LogP contribution in [0.5, 0.6) is 17.2 Å². The first-order chi connectivity index (χ1) is 25.7. The first-order valence-electron chi connectivity index (χ1n) is 17.6. The molecule has 4 aromatic rings. The van der Waals surface area contributed by atoms with Crippen molar-refractivity contribution in [2.45, 2.75) is 39.1 Å². The SMILES string of the molecule is Cc1c(COc2cc(OCc3cncc(C#N)c3)c(CNC(C)(CO)CO)cc2Cl)cccc1-c1cccc(OCCNCCN2CCOCC2)c1Cl. The number of aliphatic hydroxyl groups excluding tert-OH is 2. The molecule has 0 aliphatic carbocycles. The van der Waals surface area contributed by atoms with Crippen LogP contribution in [0.15, 0.2) is 67.0 Å². The highest BCUT2D eigenvalue weighted by Gasteiger charge is 2.23. The number of benzene rings is 3. The van der Waals surface area contributed by atoms with E-state index in [0.717, 1.165) is 61.6 Å². The summed E-state index contributed by atoms with van der Waals surface area (Å²) in [4.78, 5) is 6.51. The molecule has 5 rings (SSSR count). The molecule has 0 unspecified atom stereocenters. The minimum atomic E-state index is -0.915. The lowest BCUT2D eigenvalue weighted by Gasteiger charge is -2.27.